The summed E-state index contributed by atoms with van der Waals surface area (Å²) in [5, 5.41) is 4.94. The molecular weight excluding hydrogens is 434 g/mol. The molecule has 1 atom stereocenters. The summed E-state index contributed by atoms with van der Waals surface area (Å²) in [4.78, 5) is 18.9. The summed E-state index contributed by atoms with van der Waals surface area (Å²) < 4.78 is 5.34. The van der Waals surface area contributed by atoms with Crippen molar-refractivity contribution in [2.75, 3.05) is 13.7 Å². The highest BCUT2D eigenvalue weighted by atomic mass is 35.5. The van der Waals surface area contributed by atoms with E-state index in [2.05, 4.69) is 29.4 Å². The summed E-state index contributed by atoms with van der Waals surface area (Å²) >= 11 is 6.29. The van der Waals surface area contributed by atoms with E-state index in [0.717, 1.165) is 39.9 Å². The van der Waals surface area contributed by atoms with E-state index >= 15 is 0 Å². The molecule has 2 N–H and O–H groups in total. The number of nitrogens with one attached hydrogen (secondary N) is 2. The molecule has 0 bridgehead atoms. The van der Waals surface area contributed by atoms with Gasteiger partial charge in [0.1, 0.15) is 5.75 Å². The fourth-order valence-corrected chi connectivity index (χ4v) is 4.77. The number of carbonyl (C=O) groups excluding carboxylic acids is 1. The van der Waals surface area contributed by atoms with Crippen molar-refractivity contribution < 1.29 is 9.53 Å². The van der Waals surface area contributed by atoms with Gasteiger partial charge in [0.05, 0.1) is 13.2 Å². The number of aryl methyl sites for hydroxylation is 1. The van der Waals surface area contributed by atoms with Gasteiger partial charge in [-0.15, -0.1) is 0 Å². The van der Waals surface area contributed by atoms with Gasteiger partial charge >= 0.3 is 6.03 Å². The number of aromatic nitrogens is 1. The maximum Gasteiger partial charge on any atom is 0.318 e. The van der Waals surface area contributed by atoms with Gasteiger partial charge in [-0.1, -0.05) is 53.6 Å². The molecule has 4 aromatic rings. The lowest BCUT2D eigenvalue weighted by Gasteiger charge is -2.36. The van der Waals surface area contributed by atoms with Gasteiger partial charge in [-0.3, -0.25) is 0 Å². The molecule has 33 heavy (non-hydrogen) atoms. The molecule has 5 rings (SSSR count). The number of halogens is 1. The molecule has 1 aliphatic rings. The van der Waals surface area contributed by atoms with Gasteiger partial charge in [0, 0.05) is 34.7 Å². The minimum absolute atomic E-state index is 0.0845. The highest BCUT2D eigenvalue weighted by Gasteiger charge is 2.34. The lowest BCUT2D eigenvalue weighted by Crippen LogP contribution is -2.45. The number of amides is 2. The third-order valence-electron chi connectivity index (χ3n) is 6.35. The first-order valence-corrected chi connectivity index (χ1v) is 11.5. The first-order valence-electron chi connectivity index (χ1n) is 11.1. The molecule has 1 aromatic heterocycles. The molecule has 2 heterocycles. The van der Waals surface area contributed by atoms with Gasteiger partial charge in [0.25, 0.3) is 0 Å². The van der Waals surface area contributed by atoms with Crippen molar-refractivity contribution in [3.8, 4) is 5.75 Å². The molecule has 0 fully saturated rings. The quantitative estimate of drug-likeness (QED) is 0.393. The van der Waals surface area contributed by atoms with Gasteiger partial charge in [0.15, 0.2) is 0 Å². The molecular formula is C27H26ClN3O2. The number of hydrogen-bond acceptors (Lipinski definition) is 2. The maximum atomic E-state index is 13.4. The van der Waals surface area contributed by atoms with Crippen LogP contribution in [0.15, 0.2) is 66.7 Å². The Bertz CT molecular complexity index is 1300. The Balaban J connectivity index is 1.50. The summed E-state index contributed by atoms with van der Waals surface area (Å²) in [6.45, 7) is 3.16. The highest BCUT2D eigenvalue weighted by molar-refractivity contribution is 6.31. The summed E-state index contributed by atoms with van der Waals surface area (Å²) in [6, 6.07) is 21.7. The Labute approximate surface area is 198 Å². The Hall–Kier alpha value is -3.44. The van der Waals surface area contributed by atoms with Crippen LogP contribution >= 0.6 is 11.6 Å². The van der Waals surface area contributed by atoms with E-state index in [1.807, 2.05) is 59.5 Å². The summed E-state index contributed by atoms with van der Waals surface area (Å²) in [5.74, 6) is 0.786. The molecule has 2 amide bonds. The van der Waals surface area contributed by atoms with Gasteiger partial charge in [-0.25, -0.2) is 4.79 Å². The monoisotopic (exact) mass is 459 g/mol. The Kier molecular flexibility index (Phi) is 5.73. The second-order valence-corrected chi connectivity index (χ2v) is 8.91. The van der Waals surface area contributed by atoms with E-state index in [1.54, 1.807) is 7.11 Å². The average molecular weight is 460 g/mol. The lowest BCUT2D eigenvalue weighted by atomic mass is 9.92. The molecule has 0 spiro atoms. The molecule has 3 aromatic carbocycles. The lowest BCUT2D eigenvalue weighted by molar-refractivity contribution is 0.179. The molecule has 0 unspecified atom stereocenters. The number of nitrogens with zero attached hydrogens (tertiary/aromatic N) is 1. The third-order valence-corrected chi connectivity index (χ3v) is 6.58. The number of carbonyl (C=O) groups is 1. The number of aromatic amines is 1. The van der Waals surface area contributed by atoms with Crippen LogP contribution in [-0.4, -0.2) is 29.6 Å². The number of benzene rings is 3. The van der Waals surface area contributed by atoms with Crippen LogP contribution in [0.25, 0.3) is 10.9 Å². The van der Waals surface area contributed by atoms with Crippen molar-refractivity contribution in [1.29, 1.82) is 0 Å². The van der Waals surface area contributed by atoms with Gasteiger partial charge in [-0.2, -0.15) is 0 Å². The first-order chi connectivity index (χ1) is 16.0. The van der Waals surface area contributed by atoms with Crippen molar-refractivity contribution in [2.45, 2.75) is 25.9 Å². The highest BCUT2D eigenvalue weighted by Crippen LogP contribution is 2.39. The van der Waals surface area contributed by atoms with Crippen molar-refractivity contribution >= 4 is 28.5 Å². The normalized spacial score (nSPS) is 15.4. The molecule has 1 aliphatic heterocycles. The molecule has 0 saturated heterocycles. The van der Waals surface area contributed by atoms with Gasteiger partial charge in [0.2, 0.25) is 0 Å². The molecule has 168 valence electrons. The van der Waals surface area contributed by atoms with E-state index < -0.39 is 0 Å². The van der Waals surface area contributed by atoms with Gasteiger partial charge < -0.3 is 19.9 Å². The number of methoxy groups -OCH3 is 1. The maximum absolute atomic E-state index is 13.4. The molecule has 6 heteroatoms. The van der Waals surface area contributed by atoms with E-state index in [4.69, 9.17) is 16.3 Å². The zero-order valence-corrected chi connectivity index (χ0v) is 19.4. The summed E-state index contributed by atoms with van der Waals surface area (Å²) in [6.07, 6.45) is 0.764. The average Bonchev–Trinajstić information content (AvgIpc) is 3.21. The minimum Gasteiger partial charge on any atom is -0.497 e. The Morgan fingerprint density at radius 2 is 1.88 bits per heavy atom. The SMILES string of the molecule is COc1ccc([C@H]2c3[nH]c4ccc(Cl)cc4c3CCN2C(=O)NCc2ccc(C)cc2)cc1. The predicted molar refractivity (Wildman–Crippen MR) is 132 cm³/mol. The van der Waals surface area contributed by atoms with Crippen LogP contribution in [0.1, 0.15) is 34.0 Å². The van der Waals surface area contributed by atoms with Crippen LogP contribution in [0.5, 0.6) is 5.75 Å². The largest absolute Gasteiger partial charge is 0.497 e. The van der Waals surface area contributed by atoms with Crippen molar-refractivity contribution in [2.24, 2.45) is 0 Å². The van der Waals surface area contributed by atoms with Crippen molar-refractivity contribution in [3.63, 3.8) is 0 Å². The number of rotatable bonds is 4. The third kappa shape index (κ3) is 4.16. The van der Waals surface area contributed by atoms with Crippen LogP contribution in [0, 0.1) is 6.92 Å². The number of ether oxygens (including phenoxy) is 1. The summed E-state index contributed by atoms with van der Waals surface area (Å²) in [5.41, 5.74) is 6.59. The number of fused-ring (bicyclic) bond motifs is 3. The number of urea groups is 1. The van der Waals surface area contributed by atoms with E-state index in [1.165, 1.54) is 11.1 Å². The first kappa shape index (κ1) is 21.4. The fraction of sp³-hybridized carbons (Fsp3) is 0.222. The predicted octanol–water partition coefficient (Wildman–Crippen LogP) is 6.00. The van der Waals surface area contributed by atoms with E-state index in [-0.39, 0.29) is 12.1 Å². The minimum atomic E-state index is -0.233. The van der Waals surface area contributed by atoms with Crippen LogP contribution < -0.4 is 10.1 Å². The summed E-state index contributed by atoms with van der Waals surface area (Å²) in [7, 11) is 1.65. The van der Waals surface area contributed by atoms with Crippen LogP contribution in [0.3, 0.4) is 0 Å². The van der Waals surface area contributed by atoms with Gasteiger partial charge in [-0.05, 0) is 60.4 Å². The van der Waals surface area contributed by atoms with E-state index in [0.29, 0.717) is 18.1 Å². The smallest absolute Gasteiger partial charge is 0.318 e. The fourth-order valence-electron chi connectivity index (χ4n) is 4.60. The zero-order valence-electron chi connectivity index (χ0n) is 18.7. The zero-order chi connectivity index (χ0) is 22.9. The molecule has 0 radical (unpaired) electrons. The van der Waals surface area contributed by atoms with Crippen molar-refractivity contribution in [3.05, 3.63) is 99.7 Å². The molecule has 0 aliphatic carbocycles. The van der Waals surface area contributed by atoms with E-state index in [9.17, 15) is 4.79 Å². The van der Waals surface area contributed by atoms with Crippen molar-refractivity contribution in [1.82, 2.24) is 15.2 Å². The molecule has 0 saturated carbocycles. The Morgan fingerprint density at radius 3 is 2.61 bits per heavy atom. The standard InChI is InChI=1S/C27H26ClN3O2/c1-17-3-5-18(6-4-17)16-29-27(32)31-14-13-22-23-15-20(28)9-12-24(23)30-25(22)26(31)19-7-10-21(33-2)11-8-19/h3-12,15,26,30H,13-14,16H2,1-2H3,(H,29,32)/t26-/m0/s1. The van der Waals surface area contributed by atoms with Crippen LogP contribution in [0.2, 0.25) is 5.02 Å². The number of hydrogen-bond donors (Lipinski definition) is 2. The second-order valence-electron chi connectivity index (χ2n) is 8.47. The van der Waals surface area contributed by atoms with Crippen LogP contribution in [0.4, 0.5) is 4.79 Å². The Morgan fingerprint density at radius 1 is 1.12 bits per heavy atom. The topological polar surface area (TPSA) is 57.4 Å². The molecule has 5 nitrogen and oxygen atoms in total. The number of H-pyrrole nitrogens is 1. The van der Waals surface area contributed by atoms with Crippen LogP contribution in [-0.2, 0) is 13.0 Å². The second kappa shape index (κ2) is 8.83.